The quantitative estimate of drug-likeness (QED) is 0.229. The van der Waals surface area contributed by atoms with Crippen LogP contribution in [0, 0.1) is 0 Å². The topological polar surface area (TPSA) is 253 Å². The number of aromatic nitrogens is 4. The molecular formula is C10H15N5O11P2. The van der Waals surface area contributed by atoms with Gasteiger partial charge in [0, 0.05) is 0 Å². The molecule has 18 heteroatoms. The first kappa shape index (κ1) is 21.0. The Balaban J connectivity index is 1.79. The molecule has 0 aliphatic carbocycles. The molecular weight excluding hydrogens is 428 g/mol. The van der Waals surface area contributed by atoms with Crippen LogP contribution in [-0.4, -0.2) is 69.3 Å². The van der Waals surface area contributed by atoms with Gasteiger partial charge in [-0.2, -0.15) is 9.29 Å². The van der Waals surface area contributed by atoms with E-state index in [0.29, 0.717) is 0 Å². The highest BCUT2D eigenvalue weighted by Crippen LogP contribution is 2.57. The molecule has 0 aromatic carbocycles. The molecule has 1 aliphatic heterocycles. The third-order valence-corrected chi connectivity index (χ3v) is 5.83. The number of nitrogens with one attached hydrogen (secondary N) is 1. The third kappa shape index (κ3) is 4.31. The van der Waals surface area contributed by atoms with Crippen LogP contribution in [0.5, 0.6) is 0 Å². The Kier molecular flexibility index (Phi) is 5.46. The maximum atomic E-state index is 11.8. The number of aliphatic hydroxyl groups is 2. The Morgan fingerprint density at radius 2 is 1.96 bits per heavy atom. The molecule has 8 N–H and O–H groups in total. The first-order valence-corrected chi connectivity index (χ1v) is 10.4. The van der Waals surface area contributed by atoms with E-state index in [4.69, 9.17) is 20.3 Å². The number of phosphoric acid groups is 2. The Labute approximate surface area is 154 Å². The van der Waals surface area contributed by atoms with Crippen LogP contribution < -0.4 is 11.3 Å². The second kappa shape index (κ2) is 7.27. The SMILES string of the molecule is Nc1nc2c(ncn2C2OC(COP(=O)(O)OP(=O)(O)O)C(O)[C@@H]2O)c(=O)[nH]1. The molecule has 1 fully saturated rings. The van der Waals surface area contributed by atoms with Gasteiger partial charge < -0.3 is 35.4 Å². The van der Waals surface area contributed by atoms with Crippen molar-refractivity contribution in [3.63, 3.8) is 0 Å². The molecule has 2 aromatic heterocycles. The Morgan fingerprint density at radius 3 is 2.61 bits per heavy atom. The van der Waals surface area contributed by atoms with Gasteiger partial charge in [0.15, 0.2) is 17.4 Å². The van der Waals surface area contributed by atoms with E-state index in [2.05, 4.69) is 23.8 Å². The van der Waals surface area contributed by atoms with Gasteiger partial charge in [0.05, 0.1) is 12.9 Å². The molecule has 1 saturated heterocycles. The zero-order chi connectivity index (χ0) is 20.9. The number of rotatable bonds is 6. The van der Waals surface area contributed by atoms with E-state index in [0.717, 1.165) is 10.9 Å². The van der Waals surface area contributed by atoms with Crippen molar-refractivity contribution in [3.8, 4) is 0 Å². The number of aromatic amines is 1. The summed E-state index contributed by atoms with van der Waals surface area (Å²) in [7, 11) is -10.5. The number of phosphoric ester groups is 1. The Bertz CT molecular complexity index is 1030. The van der Waals surface area contributed by atoms with E-state index in [1.54, 1.807) is 0 Å². The van der Waals surface area contributed by atoms with Crippen molar-refractivity contribution in [2.45, 2.75) is 24.5 Å². The largest absolute Gasteiger partial charge is 0.481 e. The van der Waals surface area contributed by atoms with Crippen molar-refractivity contribution in [1.29, 1.82) is 0 Å². The van der Waals surface area contributed by atoms with E-state index >= 15 is 0 Å². The van der Waals surface area contributed by atoms with E-state index in [-0.39, 0.29) is 17.1 Å². The average molecular weight is 443 g/mol. The number of nitrogens with zero attached hydrogens (tertiary/aromatic N) is 3. The monoisotopic (exact) mass is 443 g/mol. The number of hydrogen-bond donors (Lipinski definition) is 7. The number of ether oxygens (including phenoxy) is 1. The highest BCUT2D eigenvalue weighted by Gasteiger charge is 2.46. The fraction of sp³-hybridized carbons (Fsp3) is 0.500. The van der Waals surface area contributed by atoms with Crippen molar-refractivity contribution in [3.05, 3.63) is 16.7 Å². The van der Waals surface area contributed by atoms with Gasteiger partial charge in [-0.3, -0.25) is 18.9 Å². The van der Waals surface area contributed by atoms with Crippen molar-refractivity contribution in [1.82, 2.24) is 19.5 Å². The van der Waals surface area contributed by atoms with Crippen LogP contribution in [0.2, 0.25) is 0 Å². The number of H-pyrrole nitrogens is 1. The average Bonchev–Trinajstić information content (AvgIpc) is 3.06. The zero-order valence-electron chi connectivity index (χ0n) is 13.6. The van der Waals surface area contributed by atoms with Crippen LogP contribution in [0.4, 0.5) is 5.95 Å². The fourth-order valence-electron chi connectivity index (χ4n) is 2.55. The van der Waals surface area contributed by atoms with Crippen LogP contribution in [0.25, 0.3) is 11.2 Å². The predicted molar refractivity (Wildman–Crippen MR) is 87.4 cm³/mol. The molecule has 0 spiro atoms. The standard InChI is InChI=1S/C10H15N5O11P2/c11-10-13-7-4(8(18)14-10)12-2-15(7)9-6(17)5(16)3(25-9)1-24-28(22,23)26-27(19,20)21/h2-3,5-6,9,16-17H,1H2,(H,22,23)(H2,19,20,21)(H3,11,13,14,18)/t3?,5?,6-,9?/m0/s1. The van der Waals surface area contributed by atoms with Crippen molar-refractivity contribution in [2.75, 3.05) is 12.3 Å². The van der Waals surface area contributed by atoms with Gasteiger partial charge in [-0.1, -0.05) is 0 Å². The predicted octanol–water partition coefficient (Wildman–Crippen LogP) is -2.45. The summed E-state index contributed by atoms with van der Waals surface area (Å²) in [5.41, 5.74) is 4.65. The Hall–Kier alpha value is -1.71. The minimum absolute atomic E-state index is 0.0586. The third-order valence-electron chi connectivity index (χ3n) is 3.67. The number of imidazole rings is 1. The molecule has 0 bridgehead atoms. The molecule has 0 saturated carbocycles. The summed E-state index contributed by atoms with van der Waals surface area (Å²) in [6.07, 6.45) is -4.88. The van der Waals surface area contributed by atoms with Crippen molar-refractivity contribution in [2.24, 2.45) is 0 Å². The summed E-state index contributed by atoms with van der Waals surface area (Å²) in [4.78, 5) is 48.1. The van der Waals surface area contributed by atoms with E-state index < -0.39 is 52.4 Å². The van der Waals surface area contributed by atoms with Crippen molar-refractivity contribution < 1.29 is 47.6 Å². The van der Waals surface area contributed by atoms with E-state index in [1.165, 1.54) is 0 Å². The first-order valence-electron chi connectivity index (χ1n) is 7.36. The van der Waals surface area contributed by atoms with Gasteiger partial charge in [-0.05, 0) is 0 Å². The molecule has 1 aliphatic rings. The molecule has 0 radical (unpaired) electrons. The molecule has 5 atom stereocenters. The maximum Gasteiger partial charge on any atom is 0.481 e. The minimum Gasteiger partial charge on any atom is -0.387 e. The number of nitrogens with two attached hydrogens (primary N) is 1. The normalized spacial score (nSPS) is 27.9. The van der Waals surface area contributed by atoms with Crippen LogP contribution in [-0.2, 0) is 22.7 Å². The summed E-state index contributed by atoms with van der Waals surface area (Å²) in [6.45, 7) is -0.870. The second-order valence-electron chi connectivity index (χ2n) is 5.66. The fourth-order valence-corrected chi connectivity index (χ4v) is 4.15. The minimum atomic E-state index is -5.32. The lowest BCUT2D eigenvalue weighted by atomic mass is 10.1. The summed E-state index contributed by atoms with van der Waals surface area (Å²) >= 11 is 0. The summed E-state index contributed by atoms with van der Waals surface area (Å²) in [5, 5.41) is 20.3. The highest BCUT2D eigenvalue weighted by atomic mass is 31.3. The number of fused-ring (bicyclic) bond motifs is 1. The number of anilines is 1. The van der Waals surface area contributed by atoms with Gasteiger partial charge in [0.1, 0.15) is 18.3 Å². The maximum absolute atomic E-state index is 11.8. The van der Waals surface area contributed by atoms with Gasteiger partial charge in [-0.25, -0.2) is 14.1 Å². The van der Waals surface area contributed by atoms with Crippen molar-refractivity contribution >= 4 is 32.8 Å². The highest BCUT2D eigenvalue weighted by molar-refractivity contribution is 7.60. The second-order valence-corrected chi connectivity index (χ2v) is 8.49. The van der Waals surface area contributed by atoms with E-state index in [1.807, 2.05) is 0 Å². The lowest BCUT2D eigenvalue weighted by Gasteiger charge is -2.17. The van der Waals surface area contributed by atoms with E-state index in [9.17, 15) is 29.0 Å². The van der Waals surface area contributed by atoms with Crippen LogP contribution in [0.15, 0.2) is 11.1 Å². The molecule has 0 amide bonds. The zero-order valence-corrected chi connectivity index (χ0v) is 15.4. The first-order chi connectivity index (χ1) is 12.9. The molecule has 3 rings (SSSR count). The van der Waals surface area contributed by atoms with Crippen LogP contribution >= 0.6 is 15.6 Å². The number of aliphatic hydroxyl groups excluding tert-OH is 2. The molecule has 2 aromatic rings. The molecule has 3 heterocycles. The molecule has 16 nitrogen and oxygen atoms in total. The number of hydrogen-bond acceptors (Lipinski definition) is 11. The lowest BCUT2D eigenvalue weighted by Crippen LogP contribution is -2.33. The Morgan fingerprint density at radius 1 is 1.29 bits per heavy atom. The smallest absolute Gasteiger partial charge is 0.387 e. The molecule has 28 heavy (non-hydrogen) atoms. The van der Waals surface area contributed by atoms with Gasteiger partial charge in [0.25, 0.3) is 5.56 Å². The lowest BCUT2D eigenvalue weighted by molar-refractivity contribution is -0.0503. The van der Waals surface area contributed by atoms with Gasteiger partial charge in [0.2, 0.25) is 5.95 Å². The molecule has 4 unspecified atom stereocenters. The van der Waals surface area contributed by atoms with Crippen LogP contribution in [0.1, 0.15) is 6.23 Å². The van der Waals surface area contributed by atoms with Gasteiger partial charge >= 0.3 is 15.6 Å². The summed E-state index contributed by atoms with van der Waals surface area (Å²) in [6, 6.07) is 0. The number of nitrogen functional groups attached to an aromatic ring is 1. The summed E-state index contributed by atoms with van der Waals surface area (Å²) < 4.78 is 36.6. The van der Waals surface area contributed by atoms with Gasteiger partial charge in [-0.15, -0.1) is 0 Å². The van der Waals surface area contributed by atoms with Crippen LogP contribution in [0.3, 0.4) is 0 Å². The molecule has 156 valence electrons. The summed E-state index contributed by atoms with van der Waals surface area (Å²) in [5.74, 6) is -0.233.